The number of fused-ring (bicyclic) bond motifs is 1. The fourth-order valence-electron chi connectivity index (χ4n) is 3.71. The maximum absolute atomic E-state index is 13.0. The largest absolute Gasteiger partial charge is 0.379 e. The van der Waals surface area contributed by atoms with Gasteiger partial charge in [0.2, 0.25) is 0 Å². The Morgan fingerprint density at radius 3 is 2.81 bits per heavy atom. The highest BCUT2D eigenvalue weighted by molar-refractivity contribution is 6.06. The number of aromatic nitrogens is 3. The van der Waals surface area contributed by atoms with Crippen molar-refractivity contribution in [1.29, 1.82) is 0 Å². The van der Waals surface area contributed by atoms with E-state index in [1.165, 1.54) is 0 Å². The third kappa shape index (κ3) is 3.33. The van der Waals surface area contributed by atoms with Gasteiger partial charge < -0.3 is 10.1 Å². The zero-order valence-corrected chi connectivity index (χ0v) is 15.8. The van der Waals surface area contributed by atoms with Gasteiger partial charge in [-0.1, -0.05) is 0 Å². The number of rotatable bonds is 5. The van der Waals surface area contributed by atoms with Crippen LogP contribution < -0.4 is 5.32 Å². The SMILES string of the molecule is Cc1nn(C)c2nc(C3CC3)cc(C(=O)NCC(C)N3CCOCC3)c12. The van der Waals surface area contributed by atoms with Crippen LogP contribution >= 0.6 is 0 Å². The van der Waals surface area contributed by atoms with Gasteiger partial charge in [0.05, 0.1) is 29.9 Å². The summed E-state index contributed by atoms with van der Waals surface area (Å²) in [6.45, 7) is 8.09. The maximum Gasteiger partial charge on any atom is 0.252 e. The van der Waals surface area contributed by atoms with E-state index in [9.17, 15) is 4.79 Å². The van der Waals surface area contributed by atoms with Crippen LogP contribution in [0.15, 0.2) is 6.07 Å². The number of pyridine rings is 1. The van der Waals surface area contributed by atoms with E-state index in [-0.39, 0.29) is 11.9 Å². The minimum Gasteiger partial charge on any atom is -0.379 e. The van der Waals surface area contributed by atoms with E-state index in [1.807, 2.05) is 20.0 Å². The number of carbonyl (C=O) groups is 1. The molecule has 0 spiro atoms. The molecule has 4 rings (SSSR count). The molecule has 2 aliphatic rings. The summed E-state index contributed by atoms with van der Waals surface area (Å²) in [7, 11) is 1.89. The Morgan fingerprint density at radius 1 is 1.38 bits per heavy atom. The van der Waals surface area contributed by atoms with E-state index < -0.39 is 0 Å². The molecule has 1 atom stereocenters. The number of aryl methyl sites for hydroxylation is 2. The van der Waals surface area contributed by atoms with Gasteiger partial charge in [-0.3, -0.25) is 14.4 Å². The van der Waals surface area contributed by atoms with Crippen molar-refractivity contribution in [3.8, 4) is 0 Å². The molecule has 0 aromatic carbocycles. The van der Waals surface area contributed by atoms with Gasteiger partial charge in [-0.25, -0.2) is 4.98 Å². The summed E-state index contributed by atoms with van der Waals surface area (Å²) in [4.78, 5) is 20.1. The standard InChI is InChI=1S/C19H27N5O2/c1-12(24-6-8-26-9-7-24)11-20-19(25)15-10-16(14-4-5-14)21-18-17(15)13(2)22-23(18)3/h10,12,14H,4-9,11H2,1-3H3,(H,20,25). The fourth-order valence-corrected chi connectivity index (χ4v) is 3.71. The van der Waals surface area contributed by atoms with Gasteiger partial charge in [0, 0.05) is 44.3 Å². The number of morpholine rings is 1. The first-order valence-corrected chi connectivity index (χ1v) is 9.49. The van der Waals surface area contributed by atoms with Gasteiger partial charge in [0.25, 0.3) is 5.91 Å². The monoisotopic (exact) mass is 357 g/mol. The predicted octanol–water partition coefficient (Wildman–Crippen LogP) is 1.60. The highest BCUT2D eigenvalue weighted by atomic mass is 16.5. The number of amides is 1. The van der Waals surface area contributed by atoms with Crippen molar-refractivity contribution >= 4 is 16.9 Å². The number of carbonyl (C=O) groups excluding carboxylic acids is 1. The van der Waals surface area contributed by atoms with Crippen molar-refractivity contribution < 1.29 is 9.53 Å². The van der Waals surface area contributed by atoms with Crippen molar-refractivity contribution in [2.75, 3.05) is 32.8 Å². The number of hydrogen-bond acceptors (Lipinski definition) is 5. The molecular weight excluding hydrogens is 330 g/mol. The van der Waals surface area contributed by atoms with E-state index in [0.717, 1.165) is 61.6 Å². The minimum atomic E-state index is -0.0319. The quantitative estimate of drug-likeness (QED) is 0.880. The molecule has 7 nitrogen and oxygen atoms in total. The van der Waals surface area contributed by atoms with Crippen LogP contribution in [0.1, 0.15) is 47.4 Å². The molecule has 1 N–H and O–H groups in total. The van der Waals surface area contributed by atoms with Crippen LogP contribution in [0.3, 0.4) is 0 Å². The predicted molar refractivity (Wildman–Crippen MR) is 99.4 cm³/mol. The summed E-state index contributed by atoms with van der Waals surface area (Å²) in [5.41, 5.74) is 3.38. The lowest BCUT2D eigenvalue weighted by atomic mass is 10.1. The Morgan fingerprint density at radius 2 is 2.12 bits per heavy atom. The summed E-state index contributed by atoms with van der Waals surface area (Å²) in [5, 5.41) is 8.47. The van der Waals surface area contributed by atoms with E-state index >= 15 is 0 Å². The van der Waals surface area contributed by atoms with Gasteiger partial charge in [0.1, 0.15) is 0 Å². The lowest BCUT2D eigenvalue weighted by Gasteiger charge is -2.32. The average molecular weight is 357 g/mol. The first-order valence-electron chi connectivity index (χ1n) is 9.49. The molecule has 140 valence electrons. The molecule has 1 aliphatic heterocycles. The Bertz CT molecular complexity index is 821. The van der Waals surface area contributed by atoms with E-state index in [1.54, 1.807) is 4.68 Å². The van der Waals surface area contributed by atoms with Gasteiger partial charge in [-0.2, -0.15) is 5.10 Å². The fraction of sp³-hybridized carbons (Fsp3) is 0.632. The molecule has 2 aromatic heterocycles. The molecule has 7 heteroatoms. The molecular formula is C19H27N5O2. The number of ether oxygens (including phenoxy) is 1. The highest BCUT2D eigenvalue weighted by Gasteiger charge is 2.28. The van der Waals surface area contributed by atoms with E-state index in [4.69, 9.17) is 9.72 Å². The molecule has 0 radical (unpaired) electrons. The zero-order chi connectivity index (χ0) is 18.3. The van der Waals surface area contributed by atoms with Gasteiger partial charge in [-0.05, 0) is 32.8 Å². The molecule has 1 amide bonds. The average Bonchev–Trinajstić information content (AvgIpc) is 3.46. The zero-order valence-electron chi connectivity index (χ0n) is 15.8. The lowest BCUT2D eigenvalue weighted by Crippen LogP contribution is -2.47. The van der Waals surface area contributed by atoms with Crippen molar-refractivity contribution in [1.82, 2.24) is 25.0 Å². The smallest absolute Gasteiger partial charge is 0.252 e. The second-order valence-corrected chi connectivity index (χ2v) is 7.48. The van der Waals surface area contributed by atoms with Crippen LogP contribution in [0.2, 0.25) is 0 Å². The van der Waals surface area contributed by atoms with Gasteiger partial charge in [-0.15, -0.1) is 0 Å². The number of nitrogens with one attached hydrogen (secondary N) is 1. The van der Waals surface area contributed by atoms with Crippen molar-refractivity contribution in [3.63, 3.8) is 0 Å². The second-order valence-electron chi connectivity index (χ2n) is 7.48. The first-order chi connectivity index (χ1) is 12.5. The molecule has 3 heterocycles. The molecule has 1 saturated heterocycles. The van der Waals surface area contributed by atoms with E-state index in [2.05, 4.69) is 22.2 Å². The second kappa shape index (κ2) is 6.96. The highest BCUT2D eigenvalue weighted by Crippen LogP contribution is 2.40. The molecule has 2 fully saturated rings. The summed E-state index contributed by atoms with van der Waals surface area (Å²) < 4.78 is 7.19. The number of hydrogen-bond donors (Lipinski definition) is 1. The Hall–Kier alpha value is -1.99. The van der Waals surface area contributed by atoms with Gasteiger partial charge in [0.15, 0.2) is 5.65 Å². The molecule has 1 saturated carbocycles. The van der Waals surface area contributed by atoms with Crippen molar-refractivity contribution in [2.45, 2.75) is 38.6 Å². The van der Waals surface area contributed by atoms with Crippen LogP contribution in [0.25, 0.3) is 11.0 Å². The maximum atomic E-state index is 13.0. The lowest BCUT2D eigenvalue weighted by molar-refractivity contribution is 0.0204. The topological polar surface area (TPSA) is 72.3 Å². The third-order valence-electron chi connectivity index (χ3n) is 5.46. The normalized spacial score (nSPS) is 19.7. The molecule has 1 aliphatic carbocycles. The number of nitrogens with zero attached hydrogens (tertiary/aromatic N) is 4. The van der Waals surface area contributed by atoms with Crippen molar-refractivity contribution in [2.24, 2.45) is 7.05 Å². The Labute approximate surface area is 153 Å². The Kier molecular flexibility index (Phi) is 4.67. The van der Waals surface area contributed by atoms with E-state index in [0.29, 0.717) is 18.0 Å². The van der Waals surface area contributed by atoms with Crippen LogP contribution in [0.4, 0.5) is 0 Å². The molecule has 0 bridgehead atoms. The van der Waals surface area contributed by atoms with Crippen LogP contribution in [0.5, 0.6) is 0 Å². The van der Waals surface area contributed by atoms with Crippen LogP contribution in [0, 0.1) is 6.92 Å². The molecule has 2 aromatic rings. The summed E-state index contributed by atoms with van der Waals surface area (Å²) in [5.74, 6) is 0.462. The van der Waals surface area contributed by atoms with Crippen LogP contribution in [-0.4, -0.2) is 64.5 Å². The van der Waals surface area contributed by atoms with Crippen molar-refractivity contribution in [3.05, 3.63) is 23.0 Å². The minimum absolute atomic E-state index is 0.0319. The van der Waals surface area contributed by atoms with Gasteiger partial charge >= 0.3 is 0 Å². The summed E-state index contributed by atoms with van der Waals surface area (Å²) in [6, 6.07) is 2.27. The summed E-state index contributed by atoms with van der Waals surface area (Å²) in [6.07, 6.45) is 2.31. The Balaban J connectivity index is 1.55. The van der Waals surface area contributed by atoms with Crippen LogP contribution in [-0.2, 0) is 11.8 Å². The molecule has 1 unspecified atom stereocenters. The molecule has 26 heavy (non-hydrogen) atoms. The summed E-state index contributed by atoms with van der Waals surface area (Å²) >= 11 is 0. The first kappa shape index (κ1) is 17.4. The third-order valence-corrected chi connectivity index (χ3v) is 5.46.